The van der Waals surface area contributed by atoms with Gasteiger partial charge in [-0.25, -0.2) is 4.68 Å². The van der Waals surface area contributed by atoms with Crippen LogP contribution in [0.3, 0.4) is 0 Å². The summed E-state index contributed by atoms with van der Waals surface area (Å²) in [5.41, 5.74) is 8.25. The minimum absolute atomic E-state index is 0.0500. The molecule has 1 aromatic carbocycles. The van der Waals surface area contributed by atoms with Crippen LogP contribution < -0.4 is 5.73 Å². The van der Waals surface area contributed by atoms with Gasteiger partial charge < -0.3 is 15.4 Å². The molecular weight excluding hydrogens is 420 g/mol. The molecule has 9 nitrogen and oxygen atoms in total. The normalized spacial score (nSPS) is 18.5. The molecule has 4 rings (SSSR count). The lowest BCUT2D eigenvalue weighted by molar-refractivity contribution is -0.163. The molecule has 1 fully saturated rings. The predicted octanol–water partition coefficient (Wildman–Crippen LogP) is 1.79. The Hall–Kier alpha value is -3.59. The molecule has 2 N–H and O–H groups in total. The lowest BCUT2D eigenvalue weighted by Crippen LogP contribution is -2.61. The lowest BCUT2D eigenvalue weighted by Gasteiger charge is -2.40. The van der Waals surface area contributed by atoms with Gasteiger partial charge in [-0.1, -0.05) is 49.4 Å². The largest absolute Gasteiger partial charge is 0.367 e. The minimum Gasteiger partial charge on any atom is -0.367 e. The van der Waals surface area contributed by atoms with Crippen molar-refractivity contribution in [3.05, 3.63) is 66.2 Å². The van der Waals surface area contributed by atoms with Crippen LogP contribution in [0.15, 0.2) is 55.0 Å². The highest BCUT2D eigenvalue weighted by Gasteiger charge is 2.43. The smallest absolute Gasteiger partial charge is 0.251 e. The van der Waals surface area contributed by atoms with Crippen molar-refractivity contribution in [3.63, 3.8) is 0 Å². The number of hydrogen-bond donors (Lipinski definition) is 1. The van der Waals surface area contributed by atoms with Gasteiger partial charge in [0, 0.05) is 31.6 Å². The van der Waals surface area contributed by atoms with E-state index < -0.39 is 11.5 Å². The van der Waals surface area contributed by atoms with E-state index in [2.05, 4.69) is 15.3 Å². The van der Waals surface area contributed by atoms with E-state index in [1.54, 1.807) is 23.5 Å². The van der Waals surface area contributed by atoms with E-state index in [1.807, 2.05) is 50.2 Å². The van der Waals surface area contributed by atoms with Gasteiger partial charge in [0.1, 0.15) is 6.54 Å². The number of nitrogens with two attached hydrogens (primary N) is 1. The molecule has 0 saturated carbocycles. The van der Waals surface area contributed by atoms with E-state index in [9.17, 15) is 9.59 Å². The second kappa shape index (κ2) is 9.50. The summed E-state index contributed by atoms with van der Waals surface area (Å²) in [6.45, 7) is 4.80. The van der Waals surface area contributed by atoms with Crippen molar-refractivity contribution in [1.29, 1.82) is 0 Å². The first-order valence-corrected chi connectivity index (χ1v) is 11.0. The van der Waals surface area contributed by atoms with E-state index in [0.717, 1.165) is 22.4 Å². The number of nitrogens with zero attached hydrogens (tertiary/aromatic N) is 5. The second-order valence-corrected chi connectivity index (χ2v) is 8.63. The van der Waals surface area contributed by atoms with Crippen LogP contribution in [0.2, 0.25) is 0 Å². The van der Waals surface area contributed by atoms with E-state index in [1.165, 1.54) is 4.68 Å². The Bertz CT molecular complexity index is 1110. The zero-order chi connectivity index (χ0) is 23.4. The fourth-order valence-electron chi connectivity index (χ4n) is 3.91. The van der Waals surface area contributed by atoms with Crippen LogP contribution in [0.25, 0.3) is 11.1 Å². The molecule has 172 valence electrons. The number of primary amides is 1. The number of carbonyl (C=O) groups excluding carboxylic acids is 2. The zero-order valence-electron chi connectivity index (χ0n) is 18.8. The van der Waals surface area contributed by atoms with Crippen molar-refractivity contribution in [3.8, 4) is 11.1 Å². The Morgan fingerprint density at radius 2 is 1.97 bits per heavy atom. The molecule has 0 radical (unpaired) electrons. The Morgan fingerprint density at radius 1 is 1.18 bits per heavy atom. The molecule has 9 heteroatoms. The fourth-order valence-corrected chi connectivity index (χ4v) is 3.91. The number of ether oxygens (including phenoxy) is 1. The van der Waals surface area contributed by atoms with Crippen molar-refractivity contribution in [2.75, 3.05) is 19.7 Å². The van der Waals surface area contributed by atoms with Crippen molar-refractivity contribution in [2.24, 2.45) is 5.73 Å². The Balaban J connectivity index is 1.47. The fraction of sp³-hybridized carbons (Fsp3) is 0.375. The van der Waals surface area contributed by atoms with Crippen LogP contribution in [0.4, 0.5) is 0 Å². The molecule has 0 aliphatic carbocycles. The third-order valence-electron chi connectivity index (χ3n) is 5.87. The van der Waals surface area contributed by atoms with Crippen molar-refractivity contribution in [2.45, 2.75) is 38.3 Å². The summed E-state index contributed by atoms with van der Waals surface area (Å²) in [5, 5.41) is 8.13. The van der Waals surface area contributed by atoms with Gasteiger partial charge in [0.25, 0.3) is 5.91 Å². The second-order valence-electron chi connectivity index (χ2n) is 8.63. The third-order valence-corrected chi connectivity index (χ3v) is 5.87. The van der Waals surface area contributed by atoms with Crippen molar-refractivity contribution < 1.29 is 14.3 Å². The summed E-state index contributed by atoms with van der Waals surface area (Å²) in [7, 11) is 0. The van der Waals surface area contributed by atoms with Gasteiger partial charge in [0.2, 0.25) is 5.91 Å². The van der Waals surface area contributed by atoms with Gasteiger partial charge in [-0.05, 0) is 28.7 Å². The van der Waals surface area contributed by atoms with E-state index in [-0.39, 0.29) is 37.9 Å². The summed E-state index contributed by atoms with van der Waals surface area (Å²) >= 11 is 0. The lowest BCUT2D eigenvalue weighted by atomic mass is 9.90. The number of rotatable bonds is 7. The quantitative estimate of drug-likeness (QED) is 0.589. The van der Waals surface area contributed by atoms with Crippen LogP contribution in [-0.4, -0.2) is 62.0 Å². The van der Waals surface area contributed by atoms with Crippen LogP contribution in [-0.2, 0) is 27.3 Å². The highest BCUT2D eigenvalue weighted by Crippen LogP contribution is 2.26. The van der Waals surface area contributed by atoms with Gasteiger partial charge in [0.05, 0.1) is 18.8 Å². The Labute approximate surface area is 192 Å². The number of pyridine rings is 1. The third kappa shape index (κ3) is 5.09. The summed E-state index contributed by atoms with van der Waals surface area (Å²) in [6.07, 6.45) is 5.58. The summed E-state index contributed by atoms with van der Waals surface area (Å²) in [5.74, 6) is -0.514. The first kappa shape index (κ1) is 22.6. The number of morpholine rings is 1. The number of hydrogen-bond acceptors (Lipinski definition) is 6. The molecule has 1 aliphatic heterocycles. The highest BCUT2D eigenvalue weighted by molar-refractivity contribution is 5.86. The number of benzene rings is 1. The molecule has 1 aliphatic rings. The maximum Gasteiger partial charge on any atom is 0.251 e. The molecule has 3 aromatic rings. The van der Waals surface area contributed by atoms with Crippen LogP contribution in [0, 0.1) is 0 Å². The molecule has 2 amide bonds. The average molecular weight is 449 g/mol. The van der Waals surface area contributed by atoms with Gasteiger partial charge in [-0.2, -0.15) is 0 Å². The SMILES string of the molecule is CC(C)c1cn(CC(=O)N2CCOC(Cc3ccc(-c4cccnc4)cc3)(C(N)=O)C2)nn1. The molecule has 0 bridgehead atoms. The summed E-state index contributed by atoms with van der Waals surface area (Å²) in [6, 6.07) is 11.7. The maximum atomic E-state index is 12.9. The summed E-state index contributed by atoms with van der Waals surface area (Å²) in [4.78, 5) is 31.2. The van der Waals surface area contributed by atoms with E-state index in [4.69, 9.17) is 10.5 Å². The van der Waals surface area contributed by atoms with E-state index in [0.29, 0.717) is 6.54 Å². The molecule has 2 aromatic heterocycles. The summed E-state index contributed by atoms with van der Waals surface area (Å²) < 4.78 is 7.42. The zero-order valence-corrected chi connectivity index (χ0v) is 18.8. The standard InChI is InChI=1S/C24H28N6O3/c1-17(2)21-14-30(28-27-21)15-22(31)29-10-11-33-24(16-29,23(25)32)12-18-5-7-19(8-6-18)20-4-3-9-26-13-20/h3-9,13-14,17H,10-12,15-16H2,1-2H3,(H2,25,32). The van der Waals surface area contributed by atoms with Gasteiger partial charge in [0.15, 0.2) is 5.60 Å². The Morgan fingerprint density at radius 3 is 2.61 bits per heavy atom. The van der Waals surface area contributed by atoms with E-state index >= 15 is 0 Å². The van der Waals surface area contributed by atoms with Crippen LogP contribution in [0.1, 0.15) is 31.0 Å². The van der Waals surface area contributed by atoms with Gasteiger partial charge in [-0.3, -0.25) is 14.6 Å². The number of aromatic nitrogens is 4. The first-order chi connectivity index (χ1) is 15.9. The van der Waals surface area contributed by atoms with Crippen molar-refractivity contribution >= 4 is 11.8 Å². The predicted molar refractivity (Wildman–Crippen MR) is 122 cm³/mol. The number of amides is 2. The topological polar surface area (TPSA) is 116 Å². The van der Waals surface area contributed by atoms with Crippen LogP contribution in [0.5, 0.6) is 0 Å². The van der Waals surface area contributed by atoms with Crippen LogP contribution >= 0.6 is 0 Å². The molecule has 3 heterocycles. The van der Waals surface area contributed by atoms with Gasteiger partial charge in [-0.15, -0.1) is 5.10 Å². The first-order valence-electron chi connectivity index (χ1n) is 11.0. The molecule has 1 saturated heterocycles. The number of carbonyl (C=O) groups is 2. The van der Waals surface area contributed by atoms with Crippen molar-refractivity contribution in [1.82, 2.24) is 24.9 Å². The molecular formula is C24H28N6O3. The molecule has 1 atom stereocenters. The average Bonchev–Trinajstić information content (AvgIpc) is 3.29. The molecule has 33 heavy (non-hydrogen) atoms. The maximum absolute atomic E-state index is 12.9. The monoisotopic (exact) mass is 448 g/mol. The molecule has 1 unspecified atom stereocenters. The van der Waals surface area contributed by atoms with Gasteiger partial charge >= 0.3 is 0 Å². The highest BCUT2D eigenvalue weighted by atomic mass is 16.5. The molecule has 0 spiro atoms. The Kier molecular flexibility index (Phi) is 6.50. The minimum atomic E-state index is -1.28.